The SMILES string of the molecule is Cc1ccc(C)c(Cn2c(CNC(C)(C)C)cnc2C)c1. The number of hydrogen-bond donors (Lipinski definition) is 1. The maximum Gasteiger partial charge on any atom is 0.106 e. The number of hydrogen-bond acceptors (Lipinski definition) is 2. The van der Waals surface area contributed by atoms with Crippen LogP contribution >= 0.6 is 0 Å². The van der Waals surface area contributed by atoms with E-state index in [-0.39, 0.29) is 5.54 Å². The molecule has 1 heterocycles. The maximum atomic E-state index is 4.49. The molecule has 3 heteroatoms. The van der Waals surface area contributed by atoms with Crippen LogP contribution < -0.4 is 5.32 Å². The van der Waals surface area contributed by atoms with Crippen molar-refractivity contribution in [2.45, 2.75) is 60.2 Å². The Bertz CT molecular complexity index is 618. The molecular formula is C18H27N3. The molecule has 0 saturated heterocycles. The quantitative estimate of drug-likeness (QED) is 0.927. The van der Waals surface area contributed by atoms with Crippen molar-refractivity contribution < 1.29 is 0 Å². The molecule has 0 saturated carbocycles. The summed E-state index contributed by atoms with van der Waals surface area (Å²) in [6.07, 6.45) is 1.99. The predicted molar refractivity (Wildman–Crippen MR) is 88.6 cm³/mol. The van der Waals surface area contributed by atoms with Gasteiger partial charge >= 0.3 is 0 Å². The molecule has 2 rings (SSSR count). The smallest absolute Gasteiger partial charge is 0.106 e. The van der Waals surface area contributed by atoms with Crippen molar-refractivity contribution in [1.29, 1.82) is 0 Å². The Hall–Kier alpha value is -1.61. The van der Waals surface area contributed by atoms with Crippen LogP contribution in [-0.4, -0.2) is 15.1 Å². The lowest BCUT2D eigenvalue weighted by Gasteiger charge is -2.21. The van der Waals surface area contributed by atoms with E-state index in [2.05, 4.69) is 74.6 Å². The minimum atomic E-state index is 0.113. The van der Waals surface area contributed by atoms with Gasteiger partial charge in [0, 0.05) is 24.8 Å². The Morgan fingerprint density at radius 2 is 1.86 bits per heavy atom. The molecule has 2 aromatic rings. The van der Waals surface area contributed by atoms with Crippen LogP contribution in [0.5, 0.6) is 0 Å². The van der Waals surface area contributed by atoms with Gasteiger partial charge in [0.05, 0.1) is 5.69 Å². The highest BCUT2D eigenvalue weighted by atomic mass is 15.1. The van der Waals surface area contributed by atoms with Crippen molar-refractivity contribution >= 4 is 0 Å². The molecule has 114 valence electrons. The van der Waals surface area contributed by atoms with Crippen molar-refractivity contribution in [3.63, 3.8) is 0 Å². The van der Waals surface area contributed by atoms with E-state index in [1.165, 1.54) is 22.4 Å². The zero-order chi connectivity index (χ0) is 15.6. The van der Waals surface area contributed by atoms with E-state index in [1.54, 1.807) is 0 Å². The molecule has 0 aliphatic heterocycles. The normalized spacial score (nSPS) is 11.9. The van der Waals surface area contributed by atoms with Gasteiger partial charge in [0.15, 0.2) is 0 Å². The molecule has 0 radical (unpaired) electrons. The number of aryl methyl sites for hydroxylation is 3. The summed E-state index contributed by atoms with van der Waals surface area (Å²) >= 11 is 0. The lowest BCUT2D eigenvalue weighted by molar-refractivity contribution is 0.416. The second kappa shape index (κ2) is 6.02. The number of imidazole rings is 1. The molecule has 21 heavy (non-hydrogen) atoms. The number of nitrogens with zero attached hydrogens (tertiary/aromatic N) is 2. The van der Waals surface area contributed by atoms with Crippen LogP contribution in [0, 0.1) is 20.8 Å². The molecule has 0 atom stereocenters. The van der Waals surface area contributed by atoms with Gasteiger partial charge in [-0.3, -0.25) is 0 Å². The summed E-state index contributed by atoms with van der Waals surface area (Å²) in [7, 11) is 0. The third-order valence-corrected chi connectivity index (χ3v) is 3.77. The van der Waals surface area contributed by atoms with E-state index < -0.39 is 0 Å². The molecule has 0 aliphatic rings. The molecular weight excluding hydrogens is 258 g/mol. The van der Waals surface area contributed by atoms with E-state index >= 15 is 0 Å². The molecule has 0 spiro atoms. The van der Waals surface area contributed by atoms with Crippen LogP contribution in [0.4, 0.5) is 0 Å². The van der Waals surface area contributed by atoms with Crippen molar-refractivity contribution in [3.05, 3.63) is 52.6 Å². The van der Waals surface area contributed by atoms with E-state index in [0.717, 1.165) is 18.9 Å². The Morgan fingerprint density at radius 3 is 2.52 bits per heavy atom. The first-order valence-electron chi connectivity index (χ1n) is 7.58. The second-order valence-electron chi connectivity index (χ2n) is 6.92. The Labute approximate surface area is 128 Å². The minimum Gasteiger partial charge on any atom is -0.327 e. The van der Waals surface area contributed by atoms with Crippen LogP contribution in [0.15, 0.2) is 24.4 Å². The van der Waals surface area contributed by atoms with E-state index in [1.807, 2.05) is 6.20 Å². The highest BCUT2D eigenvalue weighted by molar-refractivity contribution is 5.31. The molecule has 0 fully saturated rings. The standard InChI is InChI=1S/C18H27N3/c1-13-7-8-14(2)16(9-13)12-21-15(3)19-10-17(21)11-20-18(4,5)6/h7-10,20H,11-12H2,1-6H3. The summed E-state index contributed by atoms with van der Waals surface area (Å²) in [4.78, 5) is 4.49. The maximum absolute atomic E-state index is 4.49. The summed E-state index contributed by atoms with van der Waals surface area (Å²) in [6, 6.07) is 6.64. The van der Waals surface area contributed by atoms with Gasteiger partial charge in [0.25, 0.3) is 0 Å². The Kier molecular flexibility index (Phi) is 4.52. The summed E-state index contributed by atoms with van der Waals surface area (Å²) < 4.78 is 2.31. The van der Waals surface area contributed by atoms with Gasteiger partial charge in [-0.05, 0) is 52.7 Å². The zero-order valence-corrected chi connectivity index (χ0v) is 14.1. The largest absolute Gasteiger partial charge is 0.327 e. The first-order chi connectivity index (χ1) is 9.76. The number of benzene rings is 1. The molecule has 0 aliphatic carbocycles. The molecule has 1 aromatic carbocycles. The summed E-state index contributed by atoms with van der Waals surface area (Å²) in [5.74, 6) is 1.07. The Morgan fingerprint density at radius 1 is 1.14 bits per heavy atom. The molecule has 0 unspecified atom stereocenters. The summed E-state index contributed by atoms with van der Waals surface area (Å²) in [5.41, 5.74) is 5.37. The highest BCUT2D eigenvalue weighted by Crippen LogP contribution is 2.16. The van der Waals surface area contributed by atoms with E-state index in [0.29, 0.717) is 0 Å². The molecule has 1 N–H and O–H groups in total. The first kappa shape index (κ1) is 15.8. The van der Waals surface area contributed by atoms with E-state index in [4.69, 9.17) is 0 Å². The average Bonchev–Trinajstić information content (AvgIpc) is 2.72. The fourth-order valence-electron chi connectivity index (χ4n) is 2.37. The monoisotopic (exact) mass is 285 g/mol. The molecule has 0 amide bonds. The van der Waals surface area contributed by atoms with Crippen LogP contribution in [0.3, 0.4) is 0 Å². The van der Waals surface area contributed by atoms with Crippen molar-refractivity contribution in [1.82, 2.24) is 14.9 Å². The van der Waals surface area contributed by atoms with Crippen LogP contribution in [0.25, 0.3) is 0 Å². The van der Waals surface area contributed by atoms with Crippen molar-refractivity contribution in [2.24, 2.45) is 0 Å². The lowest BCUT2D eigenvalue weighted by atomic mass is 10.1. The molecule has 0 bridgehead atoms. The van der Waals surface area contributed by atoms with Crippen LogP contribution in [-0.2, 0) is 13.1 Å². The zero-order valence-electron chi connectivity index (χ0n) is 14.1. The highest BCUT2D eigenvalue weighted by Gasteiger charge is 2.13. The number of nitrogens with one attached hydrogen (secondary N) is 1. The van der Waals surface area contributed by atoms with Gasteiger partial charge in [-0.1, -0.05) is 23.8 Å². The van der Waals surface area contributed by atoms with Gasteiger partial charge in [-0.15, -0.1) is 0 Å². The third-order valence-electron chi connectivity index (χ3n) is 3.77. The fraction of sp³-hybridized carbons (Fsp3) is 0.500. The van der Waals surface area contributed by atoms with E-state index in [9.17, 15) is 0 Å². The summed E-state index contributed by atoms with van der Waals surface area (Å²) in [5, 5.41) is 3.54. The topological polar surface area (TPSA) is 29.9 Å². The Balaban J connectivity index is 2.23. The lowest BCUT2D eigenvalue weighted by Crippen LogP contribution is -2.35. The molecule has 3 nitrogen and oxygen atoms in total. The number of aromatic nitrogens is 2. The van der Waals surface area contributed by atoms with Gasteiger partial charge in [0.2, 0.25) is 0 Å². The van der Waals surface area contributed by atoms with Crippen LogP contribution in [0.2, 0.25) is 0 Å². The van der Waals surface area contributed by atoms with Crippen molar-refractivity contribution in [2.75, 3.05) is 0 Å². The first-order valence-corrected chi connectivity index (χ1v) is 7.58. The van der Waals surface area contributed by atoms with Crippen molar-refractivity contribution in [3.8, 4) is 0 Å². The predicted octanol–water partition coefficient (Wildman–Crippen LogP) is 3.74. The van der Waals surface area contributed by atoms with Gasteiger partial charge in [-0.25, -0.2) is 4.98 Å². The van der Waals surface area contributed by atoms with Gasteiger partial charge in [-0.2, -0.15) is 0 Å². The fourth-order valence-corrected chi connectivity index (χ4v) is 2.37. The molecule has 1 aromatic heterocycles. The third kappa shape index (κ3) is 4.18. The minimum absolute atomic E-state index is 0.113. The van der Waals surface area contributed by atoms with Gasteiger partial charge in [0.1, 0.15) is 5.82 Å². The second-order valence-corrected chi connectivity index (χ2v) is 6.92. The van der Waals surface area contributed by atoms with Gasteiger partial charge < -0.3 is 9.88 Å². The number of rotatable bonds is 4. The summed E-state index contributed by atoms with van der Waals surface area (Å²) in [6.45, 7) is 14.7. The average molecular weight is 285 g/mol. The van der Waals surface area contributed by atoms with Crippen LogP contribution in [0.1, 0.15) is 49.0 Å².